The molecule has 2 aromatic heterocycles. The standard InChI is InChI=1S/C14H20N4S/c1-9-13(10(2)18(3)17-9)12-8-19-14(16-12)11-4-6-15-7-5-11/h8,11,15H,4-7H2,1-3H3. The van der Waals surface area contributed by atoms with Crippen LogP contribution >= 0.6 is 11.3 Å². The lowest BCUT2D eigenvalue weighted by Crippen LogP contribution is -2.26. The molecule has 4 nitrogen and oxygen atoms in total. The second-order valence-electron chi connectivity index (χ2n) is 5.26. The first-order valence-electron chi connectivity index (χ1n) is 6.83. The Kier molecular flexibility index (Phi) is 3.41. The number of nitrogens with one attached hydrogen (secondary N) is 1. The number of thiazole rings is 1. The highest BCUT2D eigenvalue weighted by molar-refractivity contribution is 7.10. The third kappa shape index (κ3) is 2.32. The number of aromatic nitrogens is 3. The summed E-state index contributed by atoms with van der Waals surface area (Å²) in [6, 6.07) is 0. The minimum atomic E-state index is 0.636. The molecular formula is C14H20N4S. The first kappa shape index (κ1) is 12.8. The van der Waals surface area contributed by atoms with E-state index in [4.69, 9.17) is 4.98 Å². The zero-order valence-electron chi connectivity index (χ0n) is 11.7. The number of aryl methyl sites for hydroxylation is 2. The van der Waals surface area contributed by atoms with Crippen LogP contribution in [0.15, 0.2) is 5.38 Å². The van der Waals surface area contributed by atoms with Crippen molar-refractivity contribution in [3.63, 3.8) is 0 Å². The summed E-state index contributed by atoms with van der Waals surface area (Å²) in [5.74, 6) is 0.636. The Morgan fingerprint density at radius 3 is 2.68 bits per heavy atom. The summed E-state index contributed by atoms with van der Waals surface area (Å²) in [4.78, 5) is 4.88. The number of rotatable bonds is 2. The summed E-state index contributed by atoms with van der Waals surface area (Å²) in [5.41, 5.74) is 4.57. The van der Waals surface area contributed by atoms with E-state index in [0.717, 1.165) is 24.5 Å². The predicted molar refractivity (Wildman–Crippen MR) is 78.6 cm³/mol. The van der Waals surface area contributed by atoms with Gasteiger partial charge in [-0.3, -0.25) is 4.68 Å². The van der Waals surface area contributed by atoms with E-state index >= 15 is 0 Å². The Bertz CT molecular complexity index is 578. The van der Waals surface area contributed by atoms with Crippen molar-refractivity contribution < 1.29 is 0 Å². The Morgan fingerprint density at radius 2 is 2.05 bits per heavy atom. The zero-order chi connectivity index (χ0) is 13.4. The quantitative estimate of drug-likeness (QED) is 0.917. The number of nitrogens with zero attached hydrogens (tertiary/aromatic N) is 3. The highest BCUT2D eigenvalue weighted by atomic mass is 32.1. The van der Waals surface area contributed by atoms with Gasteiger partial charge in [-0.25, -0.2) is 4.98 Å². The molecule has 1 aliphatic rings. The summed E-state index contributed by atoms with van der Waals surface area (Å²) in [6.45, 7) is 6.40. The zero-order valence-corrected chi connectivity index (χ0v) is 12.5. The molecule has 0 radical (unpaired) electrons. The van der Waals surface area contributed by atoms with Crippen LogP contribution in [-0.4, -0.2) is 27.9 Å². The molecule has 2 aromatic rings. The average Bonchev–Trinajstić information content (AvgIpc) is 2.97. The molecule has 0 saturated carbocycles. The number of piperidine rings is 1. The fourth-order valence-electron chi connectivity index (χ4n) is 2.80. The molecule has 0 aliphatic carbocycles. The van der Waals surface area contributed by atoms with Crippen molar-refractivity contribution in [2.45, 2.75) is 32.6 Å². The molecular weight excluding hydrogens is 256 g/mol. The molecule has 1 fully saturated rings. The molecule has 1 aliphatic heterocycles. The van der Waals surface area contributed by atoms with Crippen LogP contribution in [0.1, 0.15) is 35.2 Å². The van der Waals surface area contributed by atoms with Crippen molar-refractivity contribution in [3.8, 4) is 11.3 Å². The largest absolute Gasteiger partial charge is 0.317 e. The van der Waals surface area contributed by atoms with Gasteiger partial charge in [0.2, 0.25) is 0 Å². The van der Waals surface area contributed by atoms with Gasteiger partial charge >= 0.3 is 0 Å². The normalized spacial score (nSPS) is 17.0. The SMILES string of the molecule is Cc1nn(C)c(C)c1-c1csc(C2CCNCC2)n1. The predicted octanol–water partition coefficient (Wildman–Crippen LogP) is 2.63. The highest BCUT2D eigenvalue weighted by Gasteiger charge is 2.20. The monoisotopic (exact) mass is 276 g/mol. The maximum Gasteiger partial charge on any atom is 0.0964 e. The molecule has 0 amide bonds. The molecule has 5 heteroatoms. The molecule has 19 heavy (non-hydrogen) atoms. The van der Waals surface area contributed by atoms with Crippen molar-refractivity contribution in [2.75, 3.05) is 13.1 Å². The first-order chi connectivity index (χ1) is 9.16. The van der Waals surface area contributed by atoms with E-state index in [-0.39, 0.29) is 0 Å². The number of hydrogen-bond donors (Lipinski definition) is 1. The number of hydrogen-bond acceptors (Lipinski definition) is 4. The van der Waals surface area contributed by atoms with Gasteiger partial charge in [0.15, 0.2) is 0 Å². The lowest BCUT2D eigenvalue weighted by atomic mass is 9.99. The highest BCUT2D eigenvalue weighted by Crippen LogP contribution is 2.33. The Labute approximate surface area is 117 Å². The van der Waals surface area contributed by atoms with Gasteiger partial charge in [-0.1, -0.05) is 0 Å². The molecule has 0 atom stereocenters. The smallest absolute Gasteiger partial charge is 0.0964 e. The van der Waals surface area contributed by atoms with Gasteiger partial charge in [-0.15, -0.1) is 11.3 Å². The molecule has 3 heterocycles. The molecule has 3 rings (SSSR count). The summed E-state index contributed by atoms with van der Waals surface area (Å²) < 4.78 is 1.94. The van der Waals surface area contributed by atoms with Gasteiger partial charge in [0.05, 0.1) is 16.4 Å². The Balaban J connectivity index is 1.92. The minimum Gasteiger partial charge on any atom is -0.317 e. The van der Waals surface area contributed by atoms with Crippen LogP contribution in [0.2, 0.25) is 0 Å². The molecule has 102 valence electrons. The maximum atomic E-state index is 4.88. The molecule has 0 bridgehead atoms. The maximum absolute atomic E-state index is 4.88. The topological polar surface area (TPSA) is 42.7 Å². The lowest BCUT2D eigenvalue weighted by Gasteiger charge is -2.20. The summed E-state index contributed by atoms with van der Waals surface area (Å²) in [6.07, 6.45) is 2.41. The second-order valence-corrected chi connectivity index (χ2v) is 6.15. The summed E-state index contributed by atoms with van der Waals surface area (Å²) in [7, 11) is 1.99. The van der Waals surface area contributed by atoms with Gasteiger partial charge in [0.1, 0.15) is 0 Å². The van der Waals surface area contributed by atoms with E-state index in [9.17, 15) is 0 Å². The van der Waals surface area contributed by atoms with Crippen molar-refractivity contribution >= 4 is 11.3 Å². The van der Waals surface area contributed by atoms with Gasteiger partial charge in [0, 0.05) is 29.6 Å². The van der Waals surface area contributed by atoms with E-state index in [1.54, 1.807) is 11.3 Å². The van der Waals surface area contributed by atoms with Crippen molar-refractivity contribution in [2.24, 2.45) is 7.05 Å². The minimum absolute atomic E-state index is 0.636. The third-order valence-corrected chi connectivity index (χ3v) is 4.98. The van der Waals surface area contributed by atoms with Crippen LogP contribution in [0.4, 0.5) is 0 Å². The molecule has 0 spiro atoms. The fourth-order valence-corrected chi connectivity index (χ4v) is 3.79. The van der Waals surface area contributed by atoms with Crippen LogP contribution in [0.5, 0.6) is 0 Å². The third-order valence-electron chi connectivity index (χ3n) is 3.98. The van der Waals surface area contributed by atoms with Gasteiger partial charge < -0.3 is 5.32 Å². The average molecular weight is 276 g/mol. The van der Waals surface area contributed by atoms with Crippen molar-refractivity contribution in [1.82, 2.24) is 20.1 Å². The van der Waals surface area contributed by atoms with E-state index in [1.807, 2.05) is 11.7 Å². The Morgan fingerprint density at radius 1 is 1.32 bits per heavy atom. The van der Waals surface area contributed by atoms with E-state index < -0.39 is 0 Å². The van der Waals surface area contributed by atoms with Crippen molar-refractivity contribution in [1.29, 1.82) is 0 Å². The summed E-state index contributed by atoms with van der Waals surface area (Å²) in [5, 5.41) is 11.4. The fraction of sp³-hybridized carbons (Fsp3) is 0.571. The van der Waals surface area contributed by atoms with Crippen LogP contribution in [-0.2, 0) is 7.05 Å². The lowest BCUT2D eigenvalue weighted by molar-refractivity contribution is 0.459. The molecule has 1 saturated heterocycles. The summed E-state index contributed by atoms with van der Waals surface area (Å²) >= 11 is 1.80. The van der Waals surface area contributed by atoms with Gasteiger partial charge in [-0.05, 0) is 39.8 Å². The van der Waals surface area contributed by atoms with E-state index in [1.165, 1.54) is 29.1 Å². The molecule has 0 unspecified atom stereocenters. The van der Waals surface area contributed by atoms with E-state index in [0.29, 0.717) is 5.92 Å². The molecule has 1 N–H and O–H groups in total. The van der Waals surface area contributed by atoms with Gasteiger partial charge in [0.25, 0.3) is 0 Å². The van der Waals surface area contributed by atoms with Crippen LogP contribution in [0.25, 0.3) is 11.3 Å². The van der Waals surface area contributed by atoms with Crippen LogP contribution < -0.4 is 5.32 Å². The van der Waals surface area contributed by atoms with E-state index in [2.05, 4.69) is 29.6 Å². The van der Waals surface area contributed by atoms with Gasteiger partial charge in [-0.2, -0.15) is 5.10 Å². The second kappa shape index (κ2) is 5.06. The van der Waals surface area contributed by atoms with Crippen LogP contribution in [0.3, 0.4) is 0 Å². The Hall–Kier alpha value is -1.20. The van der Waals surface area contributed by atoms with Crippen LogP contribution in [0, 0.1) is 13.8 Å². The first-order valence-corrected chi connectivity index (χ1v) is 7.71. The van der Waals surface area contributed by atoms with Crippen molar-refractivity contribution in [3.05, 3.63) is 21.8 Å². The molecule has 0 aromatic carbocycles.